The maximum atomic E-state index is 11.9. The third kappa shape index (κ3) is 2.42. The molecule has 2 N–H and O–H groups in total. The SMILES string of the molecule is CNC(=O)c1cc2[nH]c(-c3cc(C)c4ncnn4c3)c(C(C)C)c2s1. The second-order valence-corrected chi connectivity index (χ2v) is 7.49. The Kier molecular flexibility index (Phi) is 3.61. The Hall–Kier alpha value is -2.67. The van der Waals surface area contributed by atoms with Crippen LogP contribution in [0, 0.1) is 6.92 Å². The Labute approximate surface area is 148 Å². The van der Waals surface area contributed by atoms with E-state index in [1.165, 1.54) is 16.9 Å². The molecule has 4 aromatic heterocycles. The molecule has 0 atom stereocenters. The lowest BCUT2D eigenvalue weighted by molar-refractivity contribution is 0.0967. The number of thiophene rings is 1. The van der Waals surface area contributed by atoms with Gasteiger partial charge in [-0.15, -0.1) is 11.3 Å². The van der Waals surface area contributed by atoms with E-state index in [2.05, 4.69) is 40.3 Å². The lowest BCUT2D eigenvalue weighted by atomic mass is 9.99. The minimum absolute atomic E-state index is 0.0502. The van der Waals surface area contributed by atoms with Crippen LogP contribution in [0.15, 0.2) is 24.7 Å². The predicted octanol–water partition coefficient (Wildman–Crippen LogP) is 3.73. The van der Waals surface area contributed by atoms with E-state index >= 15 is 0 Å². The van der Waals surface area contributed by atoms with Gasteiger partial charge in [0.05, 0.1) is 20.8 Å². The molecule has 0 saturated carbocycles. The summed E-state index contributed by atoms with van der Waals surface area (Å²) in [5, 5.41) is 6.96. The van der Waals surface area contributed by atoms with Gasteiger partial charge in [-0.25, -0.2) is 9.50 Å². The average Bonchev–Trinajstić information content (AvgIpc) is 3.26. The summed E-state index contributed by atoms with van der Waals surface area (Å²) >= 11 is 1.53. The number of carbonyl (C=O) groups excluding carboxylic acids is 1. The Bertz CT molecular complexity index is 1100. The number of carbonyl (C=O) groups is 1. The van der Waals surface area contributed by atoms with Crippen LogP contribution in [-0.2, 0) is 0 Å². The van der Waals surface area contributed by atoms with E-state index < -0.39 is 0 Å². The second kappa shape index (κ2) is 5.70. The molecular formula is C18H19N5OS. The fraction of sp³-hybridized carbons (Fsp3) is 0.278. The summed E-state index contributed by atoms with van der Waals surface area (Å²) in [6.07, 6.45) is 3.56. The van der Waals surface area contributed by atoms with Crippen LogP contribution in [0.2, 0.25) is 0 Å². The first kappa shape index (κ1) is 15.8. The Morgan fingerprint density at radius 3 is 2.88 bits per heavy atom. The number of aryl methyl sites for hydroxylation is 1. The van der Waals surface area contributed by atoms with Gasteiger partial charge in [0.15, 0.2) is 5.65 Å². The Balaban J connectivity index is 1.95. The first-order valence-corrected chi connectivity index (χ1v) is 8.99. The number of fused-ring (bicyclic) bond motifs is 2. The zero-order valence-corrected chi connectivity index (χ0v) is 15.4. The molecule has 0 aromatic carbocycles. The number of H-pyrrole nitrogens is 1. The third-order valence-corrected chi connectivity index (χ3v) is 5.55. The van der Waals surface area contributed by atoms with E-state index in [1.807, 2.05) is 19.2 Å². The molecule has 1 amide bonds. The summed E-state index contributed by atoms with van der Waals surface area (Å²) < 4.78 is 2.94. The van der Waals surface area contributed by atoms with Crippen molar-refractivity contribution in [2.45, 2.75) is 26.7 Å². The predicted molar refractivity (Wildman–Crippen MR) is 100 cm³/mol. The molecule has 0 aliphatic heterocycles. The lowest BCUT2D eigenvalue weighted by Gasteiger charge is -2.09. The molecule has 4 heterocycles. The van der Waals surface area contributed by atoms with Crippen molar-refractivity contribution in [1.82, 2.24) is 24.9 Å². The maximum Gasteiger partial charge on any atom is 0.261 e. The smallest absolute Gasteiger partial charge is 0.261 e. The van der Waals surface area contributed by atoms with Crippen LogP contribution < -0.4 is 5.32 Å². The largest absolute Gasteiger partial charge is 0.354 e. The van der Waals surface area contributed by atoms with Gasteiger partial charge in [0.2, 0.25) is 0 Å². The molecule has 4 rings (SSSR count). The van der Waals surface area contributed by atoms with Gasteiger partial charge in [0.1, 0.15) is 6.33 Å². The van der Waals surface area contributed by atoms with Crippen LogP contribution in [0.5, 0.6) is 0 Å². The minimum Gasteiger partial charge on any atom is -0.354 e. The molecule has 7 heteroatoms. The molecule has 128 valence electrons. The highest BCUT2D eigenvalue weighted by molar-refractivity contribution is 7.21. The van der Waals surface area contributed by atoms with E-state index in [9.17, 15) is 4.79 Å². The van der Waals surface area contributed by atoms with Gasteiger partial charge >= 0.3 is 0 Å². The van der Waals surface area contributed by atoms with Gasteiger partial charge in [0, 0.05) is 18.8 Å². The highest BCUT2D eigenvalue weighted by Gasteiger charge is 2.21. The number of hydrogen-bond donors (Lipinski definition) is 2. The first-order chi connectivity index (χ1) is 12.0. The van der Waals surface area contributed by atoms with Crippen molar-refractivity contribution in [2.24, 2.45) is 0 Å². The van der Waals surface area contributed by atoms with E-state index in [1.54, 1.807) is 17.9 Å². The van der Waals surface area contributed by atoms with Gasteiger partial charge in [-0.3, -0.25) is 4.79 Å². The van der Waals surface area contributed by atoms with Crippen molar-refractivity contribution in [2.75, 3.05) is 7.05 Å². The number of hydrogen-bond acceptors (Lipinski definition) is 4. The highest BCUT2D eigenvalue weighted by atomic mass is 32.1. The molecule has 0 unspecified atom stereocenters. The summed E-state index contributed by atoms with van der Waals surface area (Å²) in [7, 11) is 1.65. The van der Waals surface area contributed by atoms with Gasteiger partial charge in [-0.1, -0.05) is 13.8 Å². The van der Waals surface area contributed by atoms with Gasteiger partial charge in [-0.05, 0) is 36.1 Å². The monoisotopic (exact) mass is 353 g/mol. The molecule has 4 aromatic rings. The number of nitrogens with zero attached hydrogens (tertiary/aromatic N) is 3. The van der Waals surface area contributed by atoms with Crippen molar-refractivity contribution < 1.29 is 4.79 Å². The van der Waals surface area contributed by atoms with E-state index in [-0.39, 0.29) is 5.91 Å². The molecule has 0 bridgehead atoms. The van der Waals surface area contributed by atoms with E-state index in [0.29, 0.717) is 5.92 Å². The maximum absolute atomic E-state index is 11.9. The summed E-state index contributed by atoms with van der Waals surface area (Å²) in [5.74, 6) is 0.275. The second-order valence-electron chi connectivity index (χ2n) is 6.44. The summed E-state index contributed by atoms with van der Waals surface area (Å²) in [5.41, 5.74) is 6.33. The summed E-state index contributed by atoms with van der Waals surface area (Å²) in [6.45, 7) is 6.38. The minimum atomic E-state index is -0.0502. The van der Waals surface area contributed by atoms with Gasteiger partial charge < -0.3 is 10.3 Å². The number of amides is 1. The van der Waals surface area contributed by atoms with Crippen LogP contribution in [-0.4, -0.2) is 32.5 Å². The normalized spacial score (nSPS) is 11.7. The van der Waals surface area contributed by atoms with E-state index in [4.69, 9.17) is 0 Å². The van der Waals surface area contributed by atoms with Gasteiger partial charge in [-0.2, -0.15) is 5.10 Å². The molecule has 0 saturated heterocycles. The molecule has 0 spiro atoms. The quantitative estimate of drug-likeness (QED) is 0.589. The molecule has 25 heavy (non-hydrogen) atoms. The van der Waals surface area contributed by atoms with Crippen LogP contribution in [0.25, 0.3) is 27.1 Å². The number of rotatable bonds is 3. The molecule has 0 fully saturated rings. The van der Waals surface area contributed by atoms with Crippen LogP contribution in [0.1, 0.15) is 40.6 Å². The number of pyridine rings is 1. The molecule has 6 nitrogen and oxygen atoms in total. The fourth-order valence-corrected chi connectivity index (χ4v) is 4.50. The van der Waals surface area contributed by atoms with Crippen molar-refractivity contribution in [3.63, 3.8) is 0 Å². The van der Waals surface area contributed by atoms with Crippen molar-refractivity contribution in [3.05, 3.63) is 40.7 Å². The highest BCUT2D eigenvalue weighted by Crippen LogP contribution is 2.40. The topological polar surface area (TPSA) is 75.1 Å². The van der Waals surface area contributed by atoms with Crippen LogP contribution in [0.3, 0.4) is 0 Å². The molecule has 0 radical (unpaired) electrons. The number of aromatic amines is 1. The molecule has 0 aliphatic carbocycles. The molecule has 0 aliphatic rings. The van der Waals surface area contributed by atoms with Crippen molar-refractivity contribution >= 4 is 33.1 Å². The van der Waals surface area contributed by atoms with Crippen molar-refractivity contribution in [1.29, 1.82) is 0 Å². The zero-order chi connectivity index (χ0) is 17.7. The average molecular weight is 353 g/mol. The zero-order valence-electron chi connectivity index (χ0n) is 14.5. The number of nitrogens with one attached hydrogen (secondary N) is 2. The van der Waals surface area contributed by atoms with Crippen molar-refractivity contribution in [3.8, 4) is 11.3 Å². The first-order valence-electron chi connectivity index (χ1n) is 8.17. The van der Waals surface area contributed by atoms with Crippen LogP contribution in [0.4, 0.5) is 0 Å². The van der Waals surface area contributed by atoms with Gasteiger partial charge in [0.25, 0.3) is 5.91 Å². The fourth-order valence-electron chi connectivity index (χ4n) is 3.24. The standard InChI is InChI=1S/C18H19N5OS/c1-9(2)14-15(11-5-10(3)17-20-8-21-23(17)7-11)22-12-6-13(18(24)19-4)25-16(12)14/h5-9,22H,1-4H3,(H,19,24). The Morgan fingerprint density at radius 2 is 2.16 bits per heavy atom. The van der Waals surface area contributed by atoms with E-state index in [0.717, 1.165) is 37.6 Å². The number of aromatic nitrogens is 4. The Morgan fingerprint density at radius 1 is 1.36 bits per heavy atom. The lowest BCUT2D eigenvalue weighted by Crippen LogP contribution is -2.16. The summed E-state index contributed by atoms with van der Waals surface area (Å²) in [6, 6.07) is 4.06. The molecular weight excluding hydrogens is 334 g/mol. The third-order valence-electron chi connectivity index (χ3n) is 4.38. The summed E-state index contributed by atoms with van der Waals surface area (Å²) in [4.78, 5) is 20.5. The van der Waals surface area contributed by atoms with Crippen LogP contribution >= 0.6 is 11.3 Å².